The monoisotopic (exact) mass is 327 g/mol. The minimum atomic E-state index is -1.07. The molecule has 2 amide bonds. The minimum absolute atomic E-state index is 0.0346. The molecule has 2 atom stereocenters. The fraction of sp³-hybridized carbons (Fsp3) is 0.643. The number of hydrogen-bond donors (Lipinski definition) is 2. The molecular formula is C14H21N3O4S. The van der Waals surface area contributed by atoms with Gasteiger partial charge in [0.05, 0.1) is 6.04 Å². The van der Waals surface area contributed by atoms with E-state index < -0.39 is 5.97 Å². The Morgan fingerprint density at radius 1 is 1.36 bits per heavy atom. The van der Waals surface area contributed by atoms with Crippen LogP contribution in [-0.2, 0) is 14.4 Å². The first kappa shape index (κ1) is 16.8. The first-order chi connectivity index (χ1) is 10.3. The Bertz CT molecular complexity index is 532. The van der Waals surface area contributed by atoms with E-state index in [1.54, 1.807) is 19.0 Å². The zero-order valence-electron chi connectivity index (χ0n) is 13.0. The van der Waals surface area contributed by atoms with Gasteiger partial charge in [-0.05, 0) is 12.8 Å². The lowest BCUT2D eigenvalue weighted by molar-refractivity contribution is -0.138. The molecule has 122 valence electrons. The molecule has 2 aliphatic rings. The number of aliphatic carboxylic acids is 1. The number of nitrogens with one attached hydrogen (secondary N) is 1. The van der Waals surface area contributed by atoms with Crippen LogP contribution in [0.5, 0.6) is 0 Å². The molecule has 2 rings (SSSR count). The zero-order chi connectivity index (χ0) is 16.4. The van der Waals surface area contributed by atoms with Gasteiger partial charge in [0.15, 0.2) is 0 Å². The maximum atomic E-state index is 11.9. The third-order valence-corrected chi connectivity index (χ3v) is 5.19. The number of hydrogen-bond acceptors (Lipinski definition) is 5. The van der Waals surface area contributed by atoms with Crippen molar-refractivity contribution in [3.63, 3.8) is 0 Å². The maximum Gasteiger partial charge on any atom is 0.353 e. The van der Waals surface area contributed by atoms with E-state index in [1.165, 1.54) is 23.6 Å². The van der Waals surface area contributed by atoms with Crippen molar-refractivity contribution in [2.45, 2.75) is 31.1 Å². The van der Waals surface area contributed by atoms with Crippen LogP contribution in [0.4, 0.5) is 0 Å². The van der Waals surface area contributed by atoms with Gasteiger partial charge in [-0.2, -0.15) is 0 Å². The van der Waals surface area contributed by atoms with Gasteiger partial charge in [0.2, 0.25) is 11.8 Å². The van der Waals surface area contributed by atoms with E-state index in [1.807, 2.05) is 0 Å². The molecule has 0 bridgehead atoms. The molecule has 0 aromatic heterocycles. The van der Waals surface area contributed by atoms with Gasteiger partial charge < -0.3 is 20.2 Å². The fourth-order valence-electron chi connectivity index (χ4n) is 2.75. The molecule has 0 saturated carbocycles. The highest BCUT2D eigenvalue weighted by Gasteiger charge is 2.35. The SMILES string of the molecule is CC(=O)N1CCC(SC2CNC(C(=O)N(C)C)C2)=C1C(=O)O. The van der Waals surface area contributed by atoms with Crippen molar-refractivity contribution in [1.82, 2.24) is 15.1 Å². The Morgan fingerprint density at radius 3 is 2.59 bits per heavy atom. The molecule has 0 aliphatic carbocycles. The Morgan fingerprint density at radius 2 is 2.05 bits per heavy atom. The highest BCUT2D eigenvalue weighted by Crippen LogP contribution is 2.37. The molecule has 7 nitrogen and oxygen atoms in total. The molecule has 2 unspecified atom stereocenters. The third-order valence-electron chi connectivity index (χ3n) is 3.82. The number of nitrogens with zero attached hydrogens (tertiary/aromatic N) is 2. The molecule has 2 aliphatic heterocycles. The number of rotatable bonds is 4. The normalized spacial score (nSPS) is 24.8. The highest BCUT2D eigenvalue weighted by atomic mass is 32.2. The molecule has 2 N–H and O–H groups in total. The molecule has 0 aromatic rings. The van der Waals surface area contributed by atoms with Gasteiger partial charge in [0, 0.05) is 44.3 Å². The predicted molar refractivity (Wildman–Crippen MR) is 83.1 cm³/mol. The number of thioether (sulfide) groups is 1. The summed E-state index contributed by atoms with van der Waals surface area (Å²) in [5, 5.41) is 12.7. The number of carbonyl (C=O) groups excluding carboxylic acids is 2. The smallest absolute Gasteiger partial charge is 0.353 e. The van der Waals surface area contributed by atoms with Crippen molar-refractivity contribution in [2.75, 3.05) is 27.2 Å². The van der Waals surface area contributed by atoms with Crippen LogP contribution in [0.1, 0.15) is 19.8 Å². The van der Waals surface area contributed by atoms with Crippen LogP contribution in [-0.4, -0.2) is 71.2 Å². The first-order valence-electron chi connectivity index (χ1n) is 7.17. The maximum absolute atomic E-state index is 11.9. The zero-order valence-corrected chi connectivity index (χ0v) is 13.8. The molecular weight excluding hydrogens is 306 g/mol. The van der Waals surface area contributed by atoms with E-state index in [0.717, 1.165) is 4.91 Å². The van der Waals surface area contributed by atoms with E-state index >= 15 is 0 Å². The van der Waals surface area contributed by atoms with Gasteiger partial charge in [-0.15, -0.1) is 11.8 Å². The summed E-state index contributed by atoms with van der Waals surface area (Å²) >= 11 is 1.48. The molecule has 0 radical (unpaired) electrons. The van der Waals surface area contributed by atoms with Gasteiger partial charge in [-0.25, -0.2) is 4.79 Å². The molecule has 0 spiro atoms. The van der Waals surface area contributed by atoms with Gasteiger partial charge in [0.1, 0.15) is 5.70 Å². The van der Waals surface area contributed by atoms with Gasteiger partial charge in [0.25, 0.3) is 0 Å². The quantitative estimate of drug-likeness (QED) is 0.760. The van der Waals surface area contributed by atoms with E-state index in [9.17, 15) is 19.5 Å². The van der Waals surface area contributed by atoms with Gasteiger partial charge in [-0.3, -0.25) is 9.59 Å². The second-order valence-corrected chi connectivity index (χ2v) is 7.06. The molecule has 8 heteroatoms. The topological polar surface area (TPSA) is 90.0 Å². The lowest BCUT2D eigenvalue weighted by Crippen LogP contribution is -2.39. The highest BCUT2D eigenvalue weighted by molar-refractivity contribution is 8.03. The standard InChI is InChI=1S/C14H21N3O4S/c1-8(18)17-5-4-11(12(17)14(20)21)22-9-6-10(15-7-9)13(19)16(2)3/h9-10,15H,4-7H2,1-3H3,(H,20,21). The van der Waals surface area contributed by atoms with Crippen LogP contribution in [0.2, 0.25) is 0 Å². The summed E-state index contributed by atoms with van der Waals surface area (Å²) < 4.78 is 0. The van der Waals surface area contributed by atoms with Crippen LogP contribution < -0.4 is 5.32 Å². The van der Waals surface area contributed by atoms with Crippen molar-refractivity contribution in [3.8, 4) is 0 Å². The number of carboxylic acids is 1. The summed E-state index contributed by atoms with van der Waals surface area (Å²) in [6.45, 7) is 2.45. The summed E-state index contributed by atoms with van der Waals surface area (Å²) in [4.78, 5) is 38.5. The Balaban J connectivity index is 2.06. The van der Waals surface area contributed by atoms with E-state index in [0.29, 0.717) is 25.9 Å². The summed E-state index contributed by atoms with van der Waals surface area (Å²) in [7, 11) is 3.44. The van der Waals surface area contributed by atoms with Crippen molar-refractivity contribution in [3.05, 3.63) is 10.6 Å². The molecule has 0 aromatic carbocycles. The second kappa shape index (κ2) is 6.70. The first-order valence-corrected chi connectivity index (χ1v) is 8.05. The fourth-order valence-corrected chi connectivity index (χ4v) is 4.14. The van der Waals surface area contributed by atoms with Crippen LogP contribution in [0.15, 0.2) is 10.6 Å². The molecule has 1 fully saturated rings. The van der Waals surface area contributed by atoms with Gasteiger partial charge in [-0.1, -0.05) is 0 Å². The molecule has 2 heterocycles. The van der Waals surface area contributed by atoms with Crippen molar-refractivity contribution >= 4 is 29.5 Å². The van der Waals surface area contributed by atoms with Crippen LogP contribution in [0.25, 0.3) is 0 Å². The predicted octanol–water partition coefficient (Wildman–Crippen LogP) is 0.0867. The van der Waals surface area contributed by atoms with E-state index in [4.69, 9.17) is 0 Å². The lowest BCUT2D eigenvalue weighted by atomic mass is 10.2. The van der Waals surface area contributed by atoms with Crippen LogP contribution in [0, 0.1) is 0 Å². The van der Waals surface area contributed by atoms with Crippen LogP contribution in [0.3, 0.4) is 0 Å². The minimum Gasteiger partial charge on any atom is -0.477 e. The van der Waals surface area contributed by atoms with Gasteiger partial charge >= 0.3 is 5.97 Å². The Labute approximate surface area is 133 Å². The molecule has 1 saturated heterocycles. The Kier molecular flexibility index (Phi) is 5.12. The van der Waals surface area contributed by atoms with Crippen molar-refractivity contribution < 1.29 is 19.5 Å². The number of amides is 2. The number of carboxylic acid groups (broad SMARTS) is 1. The second-order valence-electron chi connectivity index (χ2n) is 5.67. The Hall–Kier alpha value is -1.54. The van der Waals surface area contributed by atoms with E-state index in [-0.39, 0.29) is 28.8 Å². The average Bonchev–Trinajstić information content (AvgIpc) is 3.04. The lowest BCUT2D eigenvalue weighted by Gasteiger charge is -2.16. The summed E-state index contributed by atoms with van der Waals surface area (Å²) in [5.74, 6) is -1.28. The summed E-state index contributed by atoms with van der Waals surface area (Å²) in [6, 6.07) is -0.216. The number of carbonyl (C=O) groups is 3. The van der Waals surface area contributed by atoms with Crippen molar-refractivity contribution in [1.29, 1.82) is 0 Å². The van der Waals surface area contributed by atoms with Crippen LogP contribution >= 0.6 is 11.8 Å². The average molecular weight is 327 g/mol. The summed E-state index contributed by atoms with van der Waals surface area (Å²) in [6.07, 6.45) is 1.23. The summed E-state index contributed by atoms with van der Waals surface area (Å²) in [5.41, 5.74) is 0.0971. The van der Waals surface area contributed by atoms with E-state index in [2.05, 4.69) is 5.32 Å². The third kappa shape index (κ3) is 3.44. The van der Waals surface area contributed by atoms with Crippen molar-refractivity contribution in [2.24, 2.45) is 0 Å². The number of likely N-dealkylation sites (N-methyl/N-ethyl adjacent to an activating group) is 1. The molecule has 22 heavy (non-hydrogen) atoms. The largest absolute Gasteiger partial charge is 0.477 e.